The van der Waals surface area contributed by atoms with Gasteiger partial charge < -0.3 is 10.1 Å². The Hall–Kier alpha value is -2.57. The number of ether oxygens (including phenoxy) is 1. The maximum absolute atomic E-state index is 12.1. The molecule has 28 heavy (non-hydrogen) atoms. The molecule has 0 saturated heterocycles. The molecule has 1 aromatic carbocycles. The molecule has 0 aliphatic carbocycles. The molecule has 0 fully saturated rings. The number of hydrogen-bond donors (Lipinski definition) is 2. The number of thioether (sulfide) groups is 1. The number of carbonyl (C=O) groups is 2. The van der Waals surface area contributed by atoms with Gasteiger partial charge in [-0.15, -0.1) is 15.3 Å². The van der Waals surface area contributed by atoms with Crippen LogP contribution < -0.4 is 15.4 Å². The molecule has 3 aromatic rings. The van der Waals surface area contributed by atoms with E-state index >= 15 is 0 Å². The van der Waals surface area contributed by atoms with Crippen LogP contribution in [-0.4, -0.2) is 44.0 Å². The van der Waals surface area contributed by atoms with Gasteiger partial charge in [-0.3, -0.25) is 14.9 Å². The standard InChI is InChI=1S/C16H16N6O3S3/c1-3-25-11-6-4-10(5-7-11)17-12(23)8-26-16-21-20-15(27-16)18-14(24)13-9(2)19-22-28-13/h4-7H,3,8H2,1-2H3,(H,17,23)(H,18,20,24). The molecule has 3 rings (SSSR count). The number of nitrogens with zero attached hydrogens (tertiary/aromatic N) is 4. The van der Waals surface area contributed by atoms with Gasteiger partial charge in [0.2, 0.25) is 11.0 Å². The van der Waals surface area contributed by atoms with E-state index in [-0.39, 0.29) is 17.6 Å². The predicted molar refractivity (Wildman–Crippen MR) is 109 cm³/mol. The second-order valence-corrected chi connectivity index (χ2v) is 8.26. The van der Waals surface area contributed by atoms with Crippen molar-refractivity contribution >= 4 is 57.3 Å². The van der Waals surface area contributed by atoms with Gasteiger partial charge in [-0.1, -0.05) is 27.6 Å². The Bertz CT molecular complexity index is 957. The topological polar surface area (TPSA) is 119 Å². The first-order valence-corrected chi connectivity index (χ1v) is 10.7. The number of amides is 2. The second-order valence-electron chi connectivity index (χ2n) is 5.31. The van der Waals surface area contributed by atoms with Gasteiger partial charge in [0.25, 0.3) is 5.91 Å². The lowest BCUT2D eigenvalue weighted by Crippen LogP contribution is -2.13. The summed E-state index contributed by atoms with van der Waals surface area (Å²) in [5.41, 5.74) is 1.25. The fraction of sp³-hybridized carbons (Fsp3) is 0.250. The molecule has 2 amide bonds. The Labute approximate surface area is 173 Å². The Morgan fingerprint density at radius 2 is 1.93 bits per heavy atom. The summed E-state index contributed by atoms with van der Waals surface area (Å²) in [6.07, 6.45) is 0. The molecule has 0 bridgehead atoms. The van der Waals surface area contributed by atoms with E-state index in [2.05, 4.69) is 30.4 Å². The molecule has 0 aliphatic rings. The van der Waals surface area contributed by atoms with Crippen LogP contribution >= 0.6 is 34.6 Å². The van der Waals surface area contributed by atoms with Crippen LogP contribution in [0.15, 0.2) is 28.6 Å². The lowest BCUT2D eigenvalue weighted by molar-refractivity contribution is -0.113. The number of nitrogens with one attached hydrogen (secondary N) is 2. The third kappa shape index (κ3) is 5.47. The highest BCUT2D eigenvalue weighted by molar-refractivity contribution is 8.01. The molecule has 9 nitrogen and oxygen atoms in total. The first-order valence-electron chi connectivity index (χ1n) is 8.14. The van der Waals surface area contributed by atoms with Gasteiger partial charge in [-0.2, -0.15) is 0 Å². The Kier molecular flexibility index (Phi) is 6.90. The lowest BCUT2D eigenvalue weighted by atomic mass is 10.3. The quantitative estimate of drug-likeness (QED) is 0.408. The molecule has 0 saturated carbocycles. The Morgan fingerprint density at radius 3 is 2.61 bits per heavy atom. The summed E-state index contributed by atoms with van der Waals surface area (Å²) < 4.78 is 9.67. The minimum atomic E-state index is -0.326. The van der Waals surface area contributed by atoms with Crippen molar-refractivity contribution in [2.24, 2.45) is 0 Å². The van der Waals surface area contributed by atoms with Crippen molar-refractivity contribution < 1.29 is 14.3 Å². The van der Waals surface area contributed by atoms with E-state index in [1.807, 2.05) is 6.92 Å². The van der Waals surface area contributed by atoms with Crippen LogP contribution in [0.4, 0.5) is 10.8 Å². The molecule has 146 valence electrons. The fourth-order valence-electron chi connectivity index (χ4n) is 2.04. The second kappa shape index (κ2) is 9.57. The predicted octanol–water partition coefficient (Wildman–Crippen LogP) is 3.08. The van der Waals surface area contributed by atoms with E-state index < -0.39 is 0 Å². The highest BCUT2D eigenvalue weighted by atomic mass is 32.2. The van der Waals surface area contributed by atoms with Crippen molar-refractivity contribution in [3.63, 3.8) is 0 Å². The van der Waals surface area contributed by atoms with Gasteiger partial charge in [-0.25, -0.2) is 0 Å². The first kappa shape index (κ1) is 20.2. The summed E-state index contributed by atoms with van der Waals surface area (Å²) in [5, 5.41) is 17.5. The van der Waals surface area contributed by atoms with Gasteiger partial charge in [0.15, 0.2) is 4.34 Å². The number of carbonyl (C=O) groups excluding carboxylic acids is 2. The maximum Gasteiger partial charge on any atom is 0.271 e. The van der Waals surface area contributed by atoms with Crippen molar-refractivity contribution in [1.82, 2.24) is 19.8 Å². The van der Waals surface area contributed by atoms with Crippen LogP contribution in [0, 0.1) is 6.92 Å². The third-order valence-corrected chi connectivity index (χ3v) is 6.06. The highest BCUT2D eigenvalue weighted by Crippen LogP contribution is 2.26. The van der Waals surface area contributed by atoms with Crippen LogP contribution in [0.3, 0.4) is 0 Å². The first-order chi connectivity index (χ1) is 13.5. The molecule has 2 aromatic heterocycles. The van der Waals surface area contributed by atoms with E-state index in [4.69, 9.17) is 4.74 Å². The van der Waals surface area contributed by atoms with Gasteiger partial charge in [-0.05, 0) is 49.6 Å². The zero-order valence-electron chi connectivity index (χ0n) is 15.0. The van der Waals surface area contributed by atoms with Crippen molar-refractivity contribution in [2.45, 2.75) is 18.2 Å². The molecular formula is C16H16N6O3S3. The zero-order valence-corrected chi connectivity index (χ0v) is 17.4. The van der Waals surface area contributed by atoms with E-state index in [9.17, 15) is 9.59 Å². The molecule has 0 radical (unpaired) electrons. The van der Waals surface area contributed by atoms with Crippen molar-refractivity contribution in [2.75, 3.05) is 23.0 Å². The fourth-order valence-corrected chi connectivity index (χ4v) is 4.14. The van der Waals surface area contributed by atoms with Crippen LogP contribution in [0.1, 0.15) is 22.3 Å². The van der Waals surface area contributed by atoms with Gasteiger partial charge in [0.05, 0.1) is 18.1 Å². The average Bonchev–Trinajstić information content (AvgIpc) is 3.30. The van der Waals surface area contributed by atoms with Crippen LogP contribution in [0.2, 0.25) is 0 Å². The summed E-state index contributed by atoms with van der Waals surface area (Å²) >= 11 is 3.46. The van der Waals surface area contributed by atoms with Gasteiger partial charge in [0.1, 0.15) is 10.6 Å². The SMILES string of the molecule is CCOc1ccc(NC(=O)CSc2nnc(NC(=O)c3snnc3C)s2)cc1. The molecule has 0 unspecified atom stereocenters. The van der Waals surface area contributed by atoms with E-state index in [0.717, 1.165) is 17.3 Å². The number of rotatable bonds is 8. The number of aryl methyl sites for hydroxylation is 1. The minimum absolute atomic E-state index is 0.165. The summed E-state index contributed by atoms with van der Waals surface area (Å²) in [7, 11) is 0. The van der Waals surface area contributed by atoms with E-state index in [1.165, 1.54) is 23.1 Å². The number of benzene rings is 1. The summed E-state index contributed by atoms with van der Waals surface area (Å²) in [6, 6.07) is 7.16. The van der Waals surface area contributed by atoms with Crippen molar-refractivity contribution in [3.05, 3.63) is 34.8 Å². The lowest BCUT2D eigenvalue weighted by Gasteiger charge is -2.06. The number of anilines is 2. The molecule has 0 aliphatic heterocycles. The Morgan fingerprint density at radius 1 is 1.14 bits per heavy atom. The molecule has 2 heterocycles. The van der Waals surface area contributed by atoms with E-state index in [1.54, 1.807) is 31.2 Å². The largest absolute Gasteiger partial charge is 0.494 e. The zero-order chi connectivity index (χ0) is 19.9. The molecule has 0 spiro atoms. The third-order valence-electron chi connectivity index (χ3n) is 3.26. The summed E-state index contributed by atoms with van der Waals surface area (Å²) in [4.78, 5) is 24.6. The maximum atomic E-state index is 12.1. The molecule has 0 atom stereocenters. The van der Waals surface area contributed by atoms with Crippen LogP contribution in [-0.2, 0) is 4.79 Å². The van der Waals surface area contributed by atoms with Gasteiger partial charge >= 0.3 is 0 Å². The van der Waals surface area contributed by atoms with Crippen LogP contribution in [0.25, 0.3) is 0 Å². The average molecular weight is 437 g/mol. The molecule has 12 heteroatoms. The molecule has 2 N–H and O–H groups in total. The van der Waals surface area contributed by atoms with Crippen molar-refractivity contribution in [3.8, 4) is 5.75 Å². The number of aromatic nitrogens is 4. The monoisotopic (exact) mass is 436 g/mol. The summed E-state index contributed by atoms with van der Waals surface area (Å²) in [6.45, 7) is 4.21. The summed E-state index contributed by atoms with van der Waals surface area (Å²) in [5.74, 6) is 0.436. The van der Waals surface area contributed by atoms with Crippen molar-refractivity contribution in [1.29, 1.82) is 0 Å². The Balaban J connectivity index is 1.48. The van der Waals surface area contributed by atoms with E-state index in [0.29, 0.717) is 32.3 Å². The van der Waals surface area contributed by atoms with Gasteiger partial charge in [0, 0.05) is 5.69 Å². The minimum Gasteiger partial charge on any atom is -0.494 e. The normalized spacial score (nSPS) is 10.5. The van der Waals surface area contributed by atoms with Crippen LogP contribution in [0.5, 0.6) is 5.75 Å². The number of hydrogen-bond acceptors (Lipinski definition) is 10. The highest BCUT2D eigenvalue weighted by Gasteiger charge is 2.16. The smallest absolute Gasteiger partial charge is 0.271 e. The molecular weight excluding hydrogens is 420 g/mol.